The molecule has 1 aromatic carbocycles. The van der Waals surface area contributed by atoms with E-state index in [2.05, 4.69) is 47.1 Å². The number of halogens is 1. The van der Waals surface area contributed by atoms with Gasteiger partial charge in [-0.05, 0) is 59.5 Å². The van der Waals surface area contributed by atoms with Crippen LogP contribution in [0.25, 0.3) is 0 Å². The summed E-state index contributed by atoms with van der Waals surface area (Å²) in [6.07, 6.45) is 2.43. The van der Waals surface area contributed by atoms with E-state index in [0.717, 1.165) is 15.7 Å². The second kappa shape index (κ2) is 6.22. The lowest BCUT2D eigenvalue weighted by molar-refractivity contribution is 0.0928. The molecule has 19 heavy (non-hydrogen) atoms. The minimum absolute atomic E-state index is 0.0215. The summed E-state index contributed by atoms with van der Waals surface area (Å²) in [4.78, 5) is 12.2. The Balaban J connectivity index is 1.95. The van der Waals surface area contributed by atoms with Crippen molar-refractivity contribution in [1.29, 1.82) is 0 Å². The van der Waals surface area contributed by atoms with Gasteiger partial charge in [-0.3, -0.25) is 4.79 Å². The quantitative estimate of drug-likeness (QED) is 0.802. The molecule has 1 aromatic rings. The van der Waals surface area contributed by atoms with E-state index in [0.29, 0.717) is 12.6 Å². The number of hydrogen-bond acceptors (Lipinski definition) is 2. The fourth-order valence-corrected chi connectivity index (χ4v) is 3.19. The zero-order valence-corrected chi connectivity index (χ0v) is 13.7. The maximum Gasteiger partial charge on any atom is 0.252 e. The third-order valence-electron chi connectivity index (χ3n) is 3.92. The number of nitrogens with one attached hydrogen (secondary N) is 2. The lowest BCUT2D eigenvalue weighted by Gasteiger charge is -2.39. The molecule has 0 saturated carbocycles. The van der Waals surface area contributed by atoms with Crippen LogP contribution in [0.3, 0.4) is 0 Å². The number of amides is 1. The minimum atomic E-state index is 0.0215. The van der Waals surface area contributed by atoms with Crippen molar-refractivity contribution in [2.45, 2.75) is 32.7 Å². The van der Waals surface area contributed by atoms with Gasteiger partial charge in [0.25, 0.3) is 5.91 Å². The predicted molar refractivity (Wildman–Crippen MR) is 86.3 cm³/mol. The van der Waals surface area contributed by atoms with Gasteiger partial charge in [0, 0.05) is 16.2 Å². The summed E-state index contributed by atoms with van der Waals surface area (Å²) in [6, 6.07) is 8.03. The molecule has 0 aromatic heterocycles. The van der Waals surface area contributed by atoms with Crippen molar-refractivity contribution in [3.8, 4) is 0 Å². The predicted octanol–water partition coefficient (Wildman–Crippen LogP) is 2.80. The number of benzene rings is 1. The van der Waals surface area contributed by atoms with Crippen molar-refractivity contribution in [2.75, 3.05) is 13.1 Å². The molecular weight excluding hydrogens is 351 g/mol. The van der Waals surface area contributed by atoms with Gasteiger partial charge in [0.15, 0.2) is 0 Å². The molecule has 2 rings (SSSR count). The Morgan fingerprint density at radius 2 is 2.21 bits per heavy atom. The van der Waals surface area contributed by atoms with Crippen LogP contribution in [0.4, 0.5) is 0 Å². The molecule has 0 bridgehead atoms. The zero-order valence-electron chi connectivity index (χ0n) is 11.5. The summed E-state index contributed by atoms with van der Waals surface area (Å²) in [5.74, 6) is 0.0215. The summed E-state index contributed by atoms with van der Waals surface area (Å²) >= 11 is 2.20. The molecule has 1 amide bonds. The normalized spacial score (nSPS) is 21.9. The molecule has 1 heterocycles. The lowest BCUT2D eigenvalue weighted by atomic mass is 9.77. The van der Waals surface area contributed by atoms with E-state index < -0.39 is 0 Å². The van der Waals surface area contributed by atoms with Crippen LogP contribution in [0, 0.1) is 8.99 Å². The van der Waals surface area contributed by atoms with Crippen LogP contribution < -0.4 is 10.6 Å². The number of piperidine rings is 1. The Morgan fingerprint density at radius 3 is 2.89 bits per heavy atom. The van der Waals surface area contributed by atoms with Crippen molar-refractivity contribution in [1.82, 2.24) is 10.6 Å². The molecule has 1 aliphatic heterocycles. The Hall–Kier alpha value is -0.620. The van der Waals surface area contributed by atoms with Gasteiger partial charge in [0.05, 0.1) is 5.56 Å². The van der Waals surface area contributed by atoms with Gasteiger partial charge >= 0.3 is 0 Å². The summed E-state index contributed by atoms with van der Waals surface area (Å²) in [5.41, 5.74) is 1.01. The van der Waals surface area contributed by atoms with E-state index in [1.54, 1.807) is 0 Å². The average Bonchev–Trinajstić information content (AvgIpc) is 2.37. The molecular formula is C15H21IN2O. The van der Waals surface area contributed by atoms with Gasteiger partial charge in [0.2, 0.25) is 0 Å². The molecule has 1 atom stereocenters. The van der Waals surface area contributed by atoms with Crippen LogP contribution >= 0.6 is 22.6 Å². The number of rotatable bonds is 3. The maximum absolute atomic E-state index is 12.2. The van der Waals surface area contributed by atoms with E-state index in [4.69, 9.17) is 0 Å². The second-order valence-corrected chi connectivity index (χ2v) is 6.95. The number of carbonyl (C=O) groups is 1. The Kier molecular flexibility index (Phi) is 4.84. The molecule has 4 heteroatoms. The van der Waals surface area contributed by atoms with Crippen molar-refractivity contribution in [2.24, 2.45) is 5.41 Å². The highest BCUT2D eigenvalue weighted by Gasteiger charge is 2.32. The highest BCUT2D eigenvalue weighted by atomic mass is 127. The summed E-state index contributed by atoms with van der Waals surface area (Å²) in [6.45, 7) is 6.27. The third kappa shape index (κ3) is 3.69. The summed E-state index contributed by atoms with van der Waals surface area (Å²) in [7, 11) is 0. The SMILES string of the molecule is CC1(C)CCCNC1CNC(=O)c1ccccc1I. The fourth-order valence-electron chi connectivity index (χ4n) is 2.55. The lowest BCUT2D eigenvalue weighted by Crippen LogP contribution is -2.52. The van der Waals surface area contributed by atoms with Gasteiger partial charge in [-0.1, -0.05) is 26.0 Å². The Morgan fingerprint density at radius 1 is 1.47 bits per heavy atom. The van der Waals surface area contributed by atoms with E-state index in [9.17, 15) is 4.79 Å². The van der Waals surface area contributed by atoms with Crippen molar-refractivity contribution in [3.63, 3.8) is 0 Å². The molecule has 104 valence electrons. The first-order valence-electron chi connectivity index (χ1n) is 6.77. The van der Waals surface area contributed by atoms with Crippen LogP contribution in [-0.2, 0) is 0 Å². The maximum atomic E-state index is 12.2. The minimum Gasteiger partial charge on any atom is -0.350 e. The van der Waals surface area contributed by atoms with Crippen molar-refractivity contribution < 1.29 is 4.79 Å². The first kappa shape index (κ1) is 14.8. The molecule has 0 aliphatic carbocycles. The first-order valence-corrected chi connectivity index (χ1v) is 7.85. The van der Waals surface area contributed by atoms with E-state index >= 15 is 0 Å². The molecule has 1 aliphatic rings. The molecule has 0 radical (unpaired) electrons. The Labute approximate surface area is 128 Å². The highest BCUT2D eigenvalue weighted by molar-refractivity contribution is 14.1. The fraction of sp³-hybridized carbons (Fsp3) is 0.533. The van der Waals surface area contributed by atoms with Gasteiger partial charge in [-0.25, -0.2) is 0 Å². The van der Waals surface area contributed by atoms with E-state index in [-0.39, 0.29) is 11.3 Å². The molecule has 1 fully saturated rings. The number of carbonyl (C=O) groups excluding carboxylic acids is 1. The van der Waals surface area contributed by atoms with Gasteiger partial charge in [0.1, 0.15) is 0 Å². The van der Waals surface area contributed by atoms with Crippen LogP contribution in [0.5, 0.6) is 0 Å². The average molecular weight is 372 g/mol. The molecule has 1 saturated heterocycles. The number of hydrogen-bond donors (Lipinski definition) is 2. The largest absolute Gasteiger partial charge is 0.350 e. The van der Waals surface area contributed by atoms with Gasteiger partial charge in [-0.2, -0.15) is 0 Å². The van der Waals surface area contributed by atoms with E-state index in [1.807, 2.05) is 24.3 Å². The molecule has 2 N–H and O–H groups in total. The topological polar surface area (TPSA) is 41.1 Å². The monoisotopic (exact) mass is 372 g/mol. The van der Waals surface area contributed by atoms with Crippen molar-refractivity contribution in [3.05, 3.63) is 33.4 Å². The van der Waals surface area contributed by atoms with Crippen LogP contribution in [0.15, 0.2) is 24.3 Å². The van der Waals surface area contributed by atoms with Crippen molar-refractivity contribution >= 4 is 28.5 Å². The highest BCUT2D eigenvalue weighted by Crippen LogP contribution is 2.29. The molecule has 1 unspecified atom stereocenters. The third-order valence-corrected chi connectivity index (χ3v) is 4.86. The molecule has 3 nitrogen and oxygen atoms in total. The molecule has 0 spiro atoms. The van der Waals surface area contributed by atoms with Crippen LogP contribution in [0.1, 0.15) is 37.0 Å². The Bertz CT molecular complexity index is 459. The standard InChI is InChI=1S/C15H21IN2O/c1-15(2)8-5-9-17-13(15)10-18-14(19)11-6-3-4-7-12(11)16/h3-4,6-7,13,17H,5,8-10H2,1-2H3,(H,18,19). The zero-order chi connectivity index (χ0) is 13.9. The van der Waals surface area contributed by atoms with Gasteiger partial charge in [-0.15, -0.1) is 0 Å². The van der Waals surface area contributed by atoms with Gasteiger partial charge < -0.3 is 10.6 Å². The van der Waals surface area contributed by atoms with Crippen LogP contribution in [-0.4, -0.2) is 25.0 Å². The van der Waals surface area contributed by atoms with Crippen LogP contribution in [0.2, 0.25) is 0 Å². The summed E-state index contributed by atoms with van der Waals surface area (Å²) in [5, 5.41) is 6.57. The first-order chi connectivity index (χ1) is 9.00. The smallest absolute Gasteiger partial charge is 0.252 e. The second-order valence-electron chi connectivity index (χ2n) is 5.79. The summed E-state index contributed by atoms with van der Waals surface area (Å²) < 4.78 is 0.994. The van der Waals surface area contributed by atoms with E-state index in [1.165, 1.54) is 12.8 Å².